The summed E-state index contributed by atoms with van der Waals surface area (Å²) in [6.07, 6.45) is -0.0658. The minimum Gasteiger partial charge on any atom is -0.445 e. The molecule has 0 aromatic rings. The number of rotatable bonds is 2. The molecule has 2 atom stereocenters. The maximum atomic E-state index is 7.20. The highest BCUT2D eigenvalue weighted by atomic mass is 16.8. The maximum absolute atomic E-state index is 7.20. The second-order valence-electron chi connectivity index (χ2n) is 2.44. The molecule has 1 rings (SSSR count). The molecular weight excluding hydrogens is 130 g/mol. The highest BCUT2D eigenvalue weighted by Gasteiger charge is 2.37. The van der Waals surface area contributed by atoms with Crippen molar-refractivity contribution in [2.24, 2.45) is 0 Å². The van der Waals surface area contributed by atoms with Crippen molar-refractivity contribution in [1.29, 1.82) is 5.41 Å². The van der Waals surface area contributed by atoms with Gasteiger partial charge in [0.1, 0.15) is 6.10 Å². The first-order valence-electron chi connectivity index (χ1n) is 3.18. The minimum absolute atomic E-state index is 0.120. The van der Waals surface area contributed by atoms with Gasteiger partial charge in [0.2, 0.25) is 12.2 Å². The third-order valence-corrected chi connectivity index (χ3v) is 1.28. The molecule has 3 heteroatoms. The van der Waals surface area contributed by atoms with Gasteiger partial charge in [0.05, 0.1) is 0 Å². The Morgan fingerprint density at radius 2 is 2.20 bits per heavy atom. The fourth-order valence-corrected chi connectivity index (χ4v) is 0.507. The van der Waals surface area contributed by atoms with E-state index in [1.807, 2.05) is 6.92 Å². The Balaban J connectivity index is 2.26. The smallest absolute Gasteiger partial charge is 0.228 e. The van der Waals surface area contributed by atoms with E-state index in [9.17, 15) is 0 Å². The van der Waals surface area contributed by atoms with E-state index in [0.29, 0.717) is 5.57 Å². The molecule has 0 radical (unpaired) electrons. The summed E-state index contributed by atoms with van der Waals surface area (Å²) in [5.74, 6) is 0.120. The molecule has 1 aliphatic heterocycles. The van der Waals surface area contributed by atoms with Crippen LogP contribution < -0.4 is 0 Å². The Hall–Kier alpha value is -0.830. The third-order valence-electron chi connectivity index (χ3n) is 1.28. The van der Waals surface area contributed by atoms with Crippen LogP contribution >= 0.6 is 0 Å². The molecule has 0 amide bonds. The molecule has 0 bridgehead atoms. The van der Waals surface area contributed by atoms with Crippen LogP contribution in [0.1, 0.15) is 13.8 Å². The molecule has 10 heavy (non-hydrogen) atoms. The standard InChI is InChI=1S/C7H11NO2/c1-4(2)6(8)10-7-5(3)9-7/h5,7-8H,1H2,2-3H3. The molecule has 0 saturated carbocycles. The van der Waals surface area contributed by atoms with Gasteiger partial charge in [-0.3, -0.25) is 5.41 Å². The van der Waals surface area contributed by atoms with Gasteiger partial charge in [-0.1, -0.05) is 6.58 Å². The highest BCUT2D eigenvalue weighted by molar-refractivity contribution is 5.89. The van der Waals surface area contributed by atoms with Crippen LogP contribution in [0.25, 0.3) is 0 Å². The van der Waals surface area contributed by atoms with Gasteiger partial charge in [0.15, 0.2) is 0 Å². The zero-order chi connectivity index (χ0) is 7.72. The Kier molecular flexibility index (Phi) is 1.76. The van der Waals surface area contributed by atoms with E-state index in [-0.39, 0.29) is 18.3 Å². The molecule has 2 unspecified atom stereocenters. The first kappa shape index (κ1) is 7.28. The van der Waals surface area contributed by atoms with Crippen molar-refractivity contribution in [3.8, 4) is 0 Å². The summed E-state index contributed by atoms with van der Waals surface area (Å²) in [5, 5.41) is 7.20. The lowest BCUT2D eigenvalue weighted by Crippen LogP contribution is -2.07. The molecule has 1 N–H and O–H groups in total. The summed E-state index contributed by atoms with van der Waals surface area (Å²) in [4.78, 5) is 0. The second-order valence-corrected chi connectivity index (χ2v) is 2.44. The van der Waals surface area contributed by atoms with Crippen molar-refractivity contribution >= 4 is 5.90 Å². The third kappa shape index (κ3) is 1.57. The molecule has 1 saturated heterocycles. The average molecular weight is 141 g/mol. The summed E-state index contributed by atoms with van der Waals surface area (Å²) >= 11 is 0. The van der Waals surface area contributed by atoms with Crippen molar-refractivity contribution in [3.05, 3.63) is 12.2 Å². The normalized spacial score (nSPS) is 29.4. The van der Waals surface area contributed by atoms with Crippen molar-refractivity contribution in [2.45, 2.75) is 26.2 Å². The Morgan fingerprint density at radius 1 is 1.70 bits per heavy atom. The molecule has 1 aliphatic rings. The van der Waals surface area contributed by atoms with Crippen LogP contribution in [-0.2, 0) is 9.47 Å². The quantitative estimate of drug-likeness (QED) is 0.358. The fraction of sp³-hybridized carbons (Fsp3) is 0.571. The van der Waals surface area contributed by atoms with Crippen LogP contribution in [-0.4, -0.2) is 18.3 Å². The predicted octanol–water partition coefficient (Wildman–Crippen LogP) is 1.30. The molecule has 1 fully saturated rings. The zero-order valence-corrected chi connectivity index (χ0v) is 6.18. The van der Waals surface area contributed by atoms with Gasteiger partial charge in [-0.05, 0) is 13.8 Å². The Bertz CT molecular complexity index is 176. The summed E-state index contributed by atoms with van der Waals surface area (Å²) < 4.78 is 9.93. The van der Waals surface area contributed by atoms with Crippen molar-refractivity contribution < 1.29 is 9.47 Å². The molecule has 3 nitrogen and oxygen atoms in total. The molecule has 1 heterocycles. The lowest BCUT2D eigenvalue weighted by Gasteiger charge is -2.01. The van der Waals surface area contributed by atoms with Gasteiger partial charge in [0, 0.05) is 5.57 Å². The first-order chi connectivity index (χ1) is 4.61. The van der Waals surface area contributed by atoms with E-state index in [1.54, 1.807) is 6.92 Å². The molecule has 0 aromatic carbocycles. The largest absolute Gasteiger partial charge is 0.445 e. The zero-order valence-electron chi connectivity index (χ0n) is 6.18. The molecule has 0 spiro atoms. The fourth-order valence-electron chi connectivity index (χ4n) is 0.507. The van der Waals surface area contributed by atoms with Crippen LogP contribution in [0.3, 0.4) is 0 Å². The Morgan fingerprint density at radius 3 is 2.50 bits per heavy atom. The predicted molar refractivity (Wildman–Crippen MR) is 38.0 cm³/mol. The van der Waals surface area contributed by atoms with Crippen LogP contribution in [0.5, 0.6) is 0 Å². The van der Waals surface area contributed by atoms with Gasteiger partial charge in [0.25, 0.3) is 0 Å². The molecule has 0 aromatic heterocycles. The second kappa shape index (κ2) is 2.42. The molecule has 56 valence electrons. The summed E-state index contributed by atoms with van der Waals surface area (Å²) in [5.41, 5.74) is 0.628. The van der Waals surface area contributed by atoms with Gasteiger partial charge < -0.3 is 9.47 Å². The Labute approximate surface area is 60.1 Å². The summed E-state index contributed by atoms with van der Waals surface area (Å²) in [6, 6.07) is 0. The van der Waals surface area contributed by atoms with Gasteiger partial charge in [-0.2, -0.15) is 0 Å². The number of nitrogens with one attached hydrogen (secondary N) is 1. The van der Waals surface area contributed by atoms with Crippen molar-refractivity contribution in [1.82, 2.24) is 0 Å². The lowest BCUT2D eigenvalue weighted by molar-refractivity contribution is 0.166. The number of hydrogen-bond donors (Lipinski definition) is 1. The van der Waals surface area contributed by atoms with Crippen molar-refractivity contribution in [2.75, 3.05) is 0 Å². The lowest BCUT2D eigenvalue weighted by atomic mass is 10.3. The number of hydrogen-bond acceptors (Lipinski definition) is 3. The van der Waals surface area contributed by atoms with Crippen LogP contribution in [0, 0.1) is 5.41 Å². The monoisotopic (exact) mass is 141 g/mol. The minimum atomic E-state index is -0.204. The highest BCUT2D eigenvalue weighted by Crippen LogP contribution is 2.22. The summed E-state index contributed by atoms with van der Waals surface area (Å²) in [7, 11) is 0. The van der Waals surface area contributed by atoms with E-state index in [2.05, 4.69) is 6.58 Å². The van der Waals surface area contributed by atoms with Gasteiger partial charge >= 0.3 is 0 Å². The van der Waals surface area contributed by atoms with Gasteiger partial charge in [-0.25, -0.2) is 0 Å². The van der Waals surface area contributed by atoms with E-state index >= 15 is 0 Å². The van der Waals surface area contributed by atoms with Crippen LogP contribution in [0.4, 0.5) is 0 Å². The SMILES string of the molecule is C=C(C)C(=N)OC1OC1C. The van der Waals surface area contributed by atoms with Crippen LogP contribution in [0.2, 0.25) is 0 Å². The number of ether oxygens (including phenoxy) is 2. The van der Waals surface area contributed by atoms with E-state index < -0.39 is 0 Å². The van der Waals surface area contributed by atoms with Crippen molar-refractivity contribution in [3.63, 3.8) is 0 Å². The number of epoxide rings is 1. The van der Waals surface area contributed by atoms with E-state index in [1.165, 1.54) is 0 Å². The molecule has 0 aliphatic carbocycles. The topological polar surface area (TPSA) is 45.6 Å². The maximum Gasteiger partial charge on any atom is 0.228 e. The van der Waals surface area contributed by atoms with E-state index in [4.69, 9.17) is 14.9 Å². The summed E-state index contributed by atoms with van der Waals surface area (Å²) in [6.45, 7) is 7.19. The first-order valence-corrected chi connectivity index (χ1v) is 3.18. The van der Waals surface area contributed by atoms with E-state index in [0.717, 1.165) is 0 Å². The van der Waals surface area contributed by atoms with Crippen LogP contribution in [0.15, 0.2) is 12.2 Å². The molecular formula is C7H11NO2. The average Bonchev–Trinajstić information content (AvgIpc) is 2.46. The van der Waals surface area contributed by atoms with Gasteiger partial charge in [-0.15, -0.1) is 0 Å².